The van der Waals surface area contributed by atoms with Crippen LogP contribution in [-0.2, 0) is 20.0 Å². The van der Waals surface area contributed by atoms with Crippen LogP contribution < -0.4 is 4.89 Å². The molecule has 0 amide bonds. The molecule has 20 heavy (non-hydrogen) atoms. The van der Waals surface area contributed by atoms with Crippen LogP contribution in [0.4, 0.5) is 0 Å². The quantitative estimate of drug-likeness (QED) is 0.245. The molecule has 0 saturated carbocycles. The first-order valence-corrected chi connectivity index (χ1v) is 6.96. The number of hydrogen-bond acceptors (Lipinski definition) is 8. The molecule has 0 aliphatic heterocycles. The van der Waals surface area contributed by atoms with Gasteiger partial charge in [-0.05, 0) is 12.5 Å². The standard InChI is InChI=1S/C11H17O8P/c1-17-20(16)18-5-4-8(12)6-7-2-3-9(13)10(14)11(7)19-15/h2-3,8,12-15,20H,4-6H2,1H3. The Morgan fingerprint density at radius 2 is 2.05 bits per heavy atom. The summed E-state index contributed by atoms with van der Waals surface area (Å²) in [6.07, 6.45) is -0.660. The Kier molecular flexibility index (Phi) is 6.77. The number of aliphatic hydroxyl groups is 1. The lowest BCUT2D eigenvalue weighted by Gasteiger charge is -2.13. The molecule has 1 rings (SSSR count). The Hall–Kier alpha value is -1.31. The van der Waals surface area contributed by atoms with E-state index in [0.29, 0.717) is 5.56 Å². The maximum absolute atomic E-state index is 10.9. The molecular weight excluding hydrogens is 291 g/mol. The van der Waals surface area contributed by atoms with Gasteiger partial charge in [0.1, 0.15) is 0 Å². The number of benzene rings is 1. The number of rotatable bonds is 8. The third kappa shape index (κ3) is 4.66. The minimum Gasteiger partial charge on any atom is -0.504 e. The van der Waals surface area contributed by atoms with Gasteiger partial charge >= 0.3 is 8.25 Å². The van der Waals surface area contributed by atoms with Gasteiger partial charge in [0.25, 0.3) is 0 Å². The average Bonchev–Trinajstić information content (AvgIpc) is 2.43. The zero-order chi connectivity index (χ0) is 15.1. The van der Waals surface area contributed by atoms with E-state index in [-0.39, 0.29) is 25.2 Å². The molecule has 2 unspecified atom stereocenters. The van der Waals surface area contributed by atoms with Crippen molar-refractivity contribution in [2.45, 2.75) is 18.9 Å². The van der Waals surface area contributed by atoms with Crippen molar-refractivity contribution in [3.8, 4) is 17.2 Å². The van der Waals surface area contributed by atoms with Gasteiger partial charge in [0.2, 0.25) is 11.5 Å². The molecule has 8 nitrogen and oxygen atoms in total. The van der Waals surface area contributed by atoms with E-state index in [2.05, 4.69) is 9.41 Å². The molecule has 0 heterocycles. The summed E-state index contributed by atoms with van der Waals surface area (Å²) in [6, 6.07) is 2.60. The second-order valence-electron chi connectivity index (χ2n) is 3.96. The Morgan fingerprint density at radius 3 is 2.65 bits per heavy atom. The van der Waals surface area contributed by atoms with E-state index in [1.165, 1.54) is 19.2 Å². The summed E-state index contributed by atoms with van der Waals surface area (Å²) in [4.78, 5) is 4.00. The van der Waals surface area contributed by atoms with Gasteiger partial charge in [0, 0.05) is 19.1 Å². The molecule has 2 atom stereocenters. The van der Waals surface area contributed by atoms with Crippen LogP contribution in [0.2, 0.25) is 0 Å². The Bertz CT molecular complexity index is 464. The predicted octanol–water partition coefficient (Wildman–Crippen LogP) is 1.30. The van der Waals surface area contributed by atoms with Crippen LogP contribution in [0.25, 0.3) is 0 Å². The van der Waals surface area contributed by atoms with Crippen molar-refractivity contribution in [3.63, 3.8) is 0 Å². The lowest BCUT2D eigenvalue weighted by atomic mass is 10.0. The number of phenolic OH excluding ortho intramolecular Hbond substituents is 2. The first-order chi connectivity index (χ1) is 9.49. The summed E-state index contributed by atoms with van der Waals surface area (Å²) in [5, 5.41) is 37.2. The monoisotopic (exact) mass is 308 g/mol. The summed E-state index contributed by atoms with van der Waals surface area (Å²) in [6.45, 7) is 0.0339. The number of aliphatic hydroxyl groups excluding tert-OH is 1. The van der Waals surface area contributed by atoms with Crippen molar-refractivity contribution in [1.29, 1.82) is 0 Å². The van der Waals surface area contributed by atoms with Crippen LogP contribution in [0.1, 0.15) is 12.0 Å². The molecule has 0 saturated heterocycles. The van der Waals surface area contributed by atoms with Crippen molar-refractivity contribution in [3.05, 3.63) is 17.7 Å². The fourth-order valence-electron chi connectivity index (χ4n) is 1.56. The lowest BCUT2D eigenvalue weighted by Crippen LogP contribution is -2.13. The van der Waals surface area contributed by atoms with E-state index < -0.39 is 25.9 Å². The summed E-state index contributed by atoms with van der Waals surface area (Å²) in [5.41, 5.74) is 0.301. The van der Waals surface area contributed by atoms with Crippen molar-refractivity contribution in [2.24, 2.45) is 0 Å². The van der Waals surface area contributed by atoms with Gasteiger partial charge in [-0.3, -0.25) is 4.57 Å². The second-order valence-corrected chi connectivity index (χ2v) is 5.16. The highest BCUT2D eigenvalue weighted by molar-refractivity contribution is 7.33. The molecule has 0 aliphatic rings. The van der Waals surface area contributed by atoms with E-state index >= 15 is 0 Å². The molecule has 4 N–H and O–H groups in total. The van der Waals surface area contributed by atoms with Gasteiger partial charge < -0.3 is 29.3 Å². The minimum absolute atomic E-state index is 0.0339. The van der Waals surface area contributed by atoms with Crippen molar-refractivity contribution in [1.82, 2.24) is 0 Å². The van der Waals surface area contributed by atoms with Crippen LogP contribution in [-0.4, -0.2) is 40.4 Å². The maximum atomic E-state index is 10.9. The molecule has 9 heteroatoms. The lowest BCUT2D eigenvalue weighted by molar-refractivity contribution is -0.140. The van der Waals surface area contributed by atoms with Gasteiger partial charge in [-0.25, -0.2) is 5.26 Å². The zero-order valence-corrected chi connectivity index (χ0v) is 11.8. The number of aromatic hydroxyl groups is 2. The molecule has 0 radical (unpaired) electrons. The molecule has 0 aromatic heterocycles. The average molecular weight is 308 g/mol. The van der Waals surface area contributed by atoms with Crippen LogP contribution in [0.15, 0.2) is 12.1 Å². The van der Waals surface area contributed by atoms with Crippen LogP contribution >= 0.6 is 8.25 Å². The molecular formula is C11H17O8P. The van der Waals surface area contributed by atoms with Crippen molar-refractivity contribution < 1.29 is 39.1 Å². The van der Waals surface area contributed by atoms with Gasteiger partial charge in [-0.1, -0.05) is 6.07 Å². The van der Waals surface area contributed by atoms with Crippen LogP contribution in [0, 0.1) is 0 Å². The second kappa shape index (κ2) is 8.08. The van der Waals surface area contributed by atoms with Crippen molar-refractivity contribution in [2.75, 3.05) is 13.7 Å². The van der Waals surface area contributed by atoms with Gasteiger partial charge in [-0.15, -0.1) is 0 Å². The normalized spacial score (nSPS) is 13.9. The van der Waals surface area contributed by atoms with E-state index in [9.17, 15) is 19.9 Å². The molecule has 0 aliphatic carbocycles. The third-order valence-corrected chi connectivity index (χ3v) is 3.35. The highest BCUT2D eigenvalue weighted by atomic mass is 31.1. The molecule has 0 fully saturated rings. The Morgan fingerprint density at radius 1 is 1.35 bits per heavy atom. The maximum Gasteiger partial charge on any atom is 0.318 e. The van der Waals surface area contributed by atoms with Gasteiger partial charge in [0.15, 0.2) is 5.75 Å². The fraction of sp³-hybridized carbons (Fsp3) is 0.455. The third-order valence-electron chi connectivity index (χ3n) is 2.58. The fourth-order valence-corrected chi connectivity index (χ4v) is 1.96. The number of phenols is 2. The molecule has 0 spiro atoms. The topological polar surface area (TPSA) is 126 Å². The van der Waals surface area contributed by atoms with E-state index in [1.54, 1.807) is 0 Å². The van der Waals surface area contributed by atoms with Crippen molar-refractivity contribution >= 4 is 8.25 Å². The highest BCUT2D eigenvalue weighted by Gasteiger charge is 2.17. The Balaban J connectivity index is 2.60. The SMILES string of the molecule is CO[PH](=O)OCCC(O)Cc1ccc(O)c(O)c1OO. The largest absolute Gasteiger partial charge is 0.504 e. The number of hydrogen-bond donors (Lipinski definition) is 4. The summed E-state index contributed by atoms with van der Waals surface area (Å²) in [7, 11) is -1.27. The predicted molar refractivity (Wildman–Crippen MR) is 69.3 cm³/mol. The van der Waals surface area contributed by atoms with Gasteiger partial charge in [0.05, 0.1) is 12.7 Å². The van der Waals surface area contributed by atoms with E-state index in [1.807, 2.05) is 0 Å². The van der Waals surface area contributed by atoms with E-state index in [0.717, 1.165) is 0 Å². The smallest absolute Gasteiger partial charge is 0.318 e. The summed E-state index contributed by atoms with van der Waals surface area (Å²) in [5.74, 6) is -1.39. The minimum atomic E-state index is -2.52. The summed E-state index contributed by atoms with van der Waals surface area (Å²) < 4.78 is 20.1. The van der Waals surface area contributed by atoms with Crippen LogP contribution in [0.5, 0.6) is 17.2 Å². The van der Waals surface area contributed by atoms with E-state index in [4.69, 9.17) is 9.78 Å². The first-order valence-electron chi connectivity index (χ1n) is 5.73. The Labute approximate surface area is 116 Å². The molecule has 114 valence electrons. The zero-order valence-electron chi connectivity index (χ0n) is 10.8. The molecule has 1 aromatic rings. The molecule has 0 bridgehead atoms. The molecule has 1 aromatic carbocycles. The summed E-state index contributed by atoms with van der Waals surface area (Å²) >= 11 is 0. The van der Waals surface area contributed by atoms with Crippen LogP contribution in [0.3, 0.4) is 0 Å². The van der Waals surface area contributed by atoms with Gasteiger partial charge in [-0.2, -0.15) is 0 Å². The highest BCUT2D eigenvalue weighted by Crippen LogP contribution is 2.38. The first kappa shape index (κ1) is 16.7.